The Labute approximate surface area is 219 Å². The van der Waals surface area contributed by atoms with Gasteiger partial charge < -0.3 is 15.3 Å². The highest BCUT2D eigenvalue weighted by molar-refractivity contribution is 7.92. The molecule has 4 rings (SSSR count). The number of halogens is 2. The van der Waals surface area contributed by atoms with Gasteiger partial charge in [-0.05, 0) is 54.6 Å². The van der Waals surface area contributed by atoms with Gasteiger partial charge in [0.05, 0.1) is 39.7 Å². The molecule has 0 radical (unpaired) electrons. The molecule has 3 aromatic rings. The van der Waals surface area contributed by atoms with E-state index in [-0.39, 0.29) is 52.0 Å². The summed E-state index contributed by atoms with van der Waals surface area (Å²) in [4.78, 5) is 26.7. The van der Waals surface area contributed by atoms with Crippen molar-refractivity contribution in [1.29, 1.82) is 0 Å². The van der Waals surface area contributed by atoms with Crippen LogP contribution in [0.2, 0.25) is 10.0 Å². The van der Waals surface area contributed by atoms with Gasteiger partial charge in [-0.2, -0.15) is 0 Å². The second-order valence-corrected chi connectivity index (χ2v) is 10.8. The fourth-order valence-corrected chi connectivity index (χ4v) is 5.68. The normalized spacial score (nSPS) is 15.7. The standard InChI is InChI=1S/C25H23Cl2N3O5S/c26-22-11-8-20(15-23(22)27)30(12-13-31)36(34,35)21-9-6-18(7-10-21)28-25(33)17-14-24(32)29(16-17)19-4-2-1-3-5-19/h1-11,15,17,31H,12-14,16H2,(H,28,33). The lowest BCUT2D eigenvalue weighted by molar-refractivity contribution is -0.122. The van der Waals surface area contributed by atoms with Crippen molar-refractivity contribution in [2.24, 2.45) is 5.92 Å². The van der Waals surface area contributed by atoms with Crippen molar-refractivity contribution in [2.75, 3.05) is 34.2 Å². The second-order valence-electron chi connectivity index (χ2n) is 8.15. The topological polar surface area (TPSA) is 107 Å². The van der Waals surface area contributed by atoms with E-state index in [1.165, 1.54) is 42.5 Å². The fourth-order valence-electron chi connectivity index (χ4n) is 3.94. The number of carbonyl (C=O) groups excluding carboxylic acids is 2. The summed E-state index contributed by atoms with van der Waals surface area (Å²) in [5.74, 6) is -0.986. The molecule has 2 N–H and O–H groups in total. The van der Waals surface area contributed by atoms with Crippen molar-refractivity contribution in [3.8, 4) is 0 Å². The molecule has 0 saturated carbocycles. The summed E-state index contributed by atoms with van der Waals surface area (Å²) >= 11 is 12.0. The van der Waals surface area contributed by atoms with Gasteiger partial charge in [-0.1, -0.05) is 41.4 Å². The van der Waals surface area contributed by atoms with Crippen LogP contribution < -0.4 is 14.5 Å². The second kappa shape index (κ2) is 10.9. The van der Waals surface area contributed by atoms with Crippen molar-refractivity contribution >= 4 is 62.1 Å². The number of nitrogens with one attached hydrogen (secondary N) is 1. The highest BCUT2D eigenvalue weighted by atomic mass is 35.5. The average molecular weight is 548 g/mol. The van der Waals surface area contributed by atoms with Crippen molar-refractivity contribution < 1.29 is 23.1 Å². The van der Waals surface area contributed by atoms with E-state index in [0.29, 0.717) is 5.69 Å². The van der Waals surface area contributed by atoms with Crippen LogP contribution in [-0.2, 0) is 19.6 Å². The first kappa shape index (κ1) is 26.0. The molecule has 1 atom stereocenters. The van der Waals surface area contributed by atoms with E-state index in [2.05, 4.69) is 5.32 Å². The summed E-state index contributed by atoms with van der Waals surface area (Å²) < 4.78 is 27.6. The lowest BCUT2D eigenvalue weighted by Gasteiger charge is -2.24. The largest absolute Gasteiger partial charge is 0.394 e. The number of benzene rings is 3. The van der Waals surface area contributed by atoms with Crippen LogP contribution in [0.15, 0.2) is 77.7 Å². The molecular weight excluding hydrogens is 525 g/mol. The third kappa shape index (κ3) is 5.49. The zero-order chi connectivity index (χ0) is 25.9. The van der Waals surface area contributed by atoms with E-state index in [1.807, 2.05) is 30.3 Å². The molecule has 0 aliphatic carbocycles. The number of hydrogen-bond acceptors (Lipinski definition) is 5. The number of rotatable bonds is 8. The summed E-state index contributed by atoms with van der Waals surface area (Å²) in [6, 6.07) is 19.2. The monoisotopic (exact) mass is 547 g/mol. The molecule has 0 bridgehead atoms. The Balaban J connectivity index is 1.47. The number of aliphatic hydroxyl groups is 1. The Morgan fingerprint density at radius 1 is 1.03 bits per heavy atom. The van der Waals surface area contributed by atoms with E-state index in [9.17, 15) is 23.1 Å². The summed E-state index contributed by atoms with van der Waals surface area (Å²) in [5, 5.41) is 12.7. The van der Waals surface area contributed by atoms with Crippen LogP contribution in [0, 0.1) is 5.92 Å². The van der Waals surface area contributed by atoms with Crippen LogP contribution in [0.4, 0.5) is 17.1 Å². The molecule has 1 heterocycles. The lowest BCUT2D eigenvalue weighted by atomic mass is 10.1. The maximum absolute atomic E-state index is 13.3. The Bertz CT molecular complexity index is 1370. The Morgan fingerprint density at radius 3 is 2.36 bits per heavy atom. The van der Waals surface area contributed by atoms with Gasteiger partial charge in [0, 0.05) is 24.3 Å². The molecule has 36 heavy (non-hydrogen) atoms. The van der Waals surface area contributed by atoms with E-state index >= 15 is 0 Å². The molecule has 1 aliphatic heterocycles. The van der Waals surface area contributed by atoms with Gasteiger partial charge in [0.25, 0.3) is 10.0 Å². The predicted molar refractivity (Wildman–Crippen MR) is 140 cm³/mol. The van der Waals surface area contributed by atoms with Gasteiger partial charge in [0.15, 0.2) is 0 Å². The number of hydrogen-bond donors (Lipinski definition) is 2. The van der Waals surface area contributed by atoms with Crippen LogP contribution in [0.25, 0.3) is 0 Å². The summed E-state index contributed by atoms with van der Waals surface area (Å²) in [6.07, 6.45) is 0.0902. The number of anilines is 3. The number of para-hydroxylation sites is 1. The smallest absolute Gasteiger partial charge is 0.264 e. The molecule has 1 fully saturated rings. The third-order valence-corrected chi connectivity index (χ3v) is 8.35. The molecule has 1 aliphatic rings. The minimum absolute atomic E-state index is 0.0358. The number of nitrogens with zero attached hydrogens (tertiary/aromatic N) is 2. The molecule has 11 heteroatoms. The van der Waals surface area contributed by atoms with Crippen molar-refractivity contribution in [1.82, 2.24) is 0 Å². The first-order chi connectivity index (χ1) is 17.2. The molecule has 2 amide bonds. The van der Waals surface area contributed by atoms with Crippen LogP contribution in [0.3, 0.4) is 0 Å². The first-order valence-corrected chi connectivity index (χ1v) is 13.3. The van der Waals surface area contributed by atoms with E-state index in [4.69, 9.17) is 23.2 Å². The average Bonchev–Trinajstić information content (AvgIpc) is 3.27. The number of aliphatic hydroxyl groups excluding tert-OH is 1. The van der Waals surface area contributed by atoms with Gasteiger partial charge in [-0.15, -0.1) is 0 Å². The van der Waals surface area contributed by atoms with Crippen LogP contribution in [-0.4, -0.2) is 45.0 Å². The van der Waals surface area contributed by atoms with Gasteiger partial charge in [0.2, 0.25) is 11.8 Å². The summed E-state index contributed by atoms with van der Waals surface area (Å²) in [7, 11) is -4.04. The maximum Gasteiger partial charge on any atom is 0.264 e. The molecular formula is C25H23Cl2N3O5S. The Kier molecular flexibility index (Phi) is 7.85. The fraction of sp³-hybridized carbons (Fsp3) is 0.200. The zero-order valence-corrected chi connectivity index (χ0v) is 21.3. The van der Waals surface area contributed by atoms with E-state index < -0.39 is 22.5 Å². The molecule has 3 aromatic carbocycles. The highest BCUT2D eigenvalue weighted by Gasteiger charge is 2.35. The van der Waals surface area contributed by atoms with E-state index in [0.717, 1.165) is 9.99 Å². The number of amides is 2. The van der Waals surface area contributed by atoms with Crippen molar-refractivity contribution in [3.63, 3.8) is 0 Å². The van der Waals surface area contributed by atoms with Crippen LogP contribution in [0.5, 0.6) is 0 Å². The Hall–Kier alpha value is -3.11. The minimum atomic E-state index is -4.04. The molecule has 188 valence electrons. The van der Waals surface area contributed by atoms with Gasteiger partial charge in [0.1, 0.15) is 0 Å². The lowest BCUT2D eigenvalue weighted by Crippen LogP contribution is -2.33. The quantitative estimate of drug-likeness (QED) is 0.440. The Morgan fingerprint density at radius 2 is 1.72 bits per heavy atom. The number of carbonyl (C=O) groups is 2. The van der Waals surface area contributed by atoms with Crippen molar-refractivity contribution in [2.45, 2.75) is 11.3 Å². The highest BCUT2D eigenvalue weighted by Crippen LogP contribution is 2.31. The van der Waals surface area contributed by atoms with Gasteiger partial charge in [-0.3, -0.25) is 13.9 Å². The first-order valence-electron chi connectivity index (χ1n) is 11.1. The van der Waals surface area contributed by atoms with Gasteiger partial charge >= 0.3 is 0 Å². The number of sulfonamides is 1. The predicted octanol–water partition coefficient (Wildman–Crippen LogP) is 4.17. The third-order valence-electron chi connectivity index (χ3n) is 5.77. The molecule has 0 aromatic heterocycles. The van der Waals surface area contributed by atoms with Crippen molar-refractivity contribution in [3.05, 3.63) is 82.8 Å². The molecule has 1 unspecified atom stereocenters. The van der Waals surface area contributed by atoms with Crippen LogP contribution in [0.1, 0.15) is 6.42 Å². The van der Waals surface area contributed by atoms with Crippen LogP contribution >= 0.6 is 23.2 Å². The minimum Gasteiger partial charge on any atom is -0.394 e. The zero-order valence-electron chi connectivity index (χ0n) is 19.0. The van der Waals surface area contributed by atoms with Gasteiger partial charge in [-0.25, -0.2) is 8.42 Å². The SMILES string of the molecule is O=C(Nc1ccc(S(=O)(=O)N(CCO)c2ccc(Cl)c(Cl)c2)cc1)C1CC(=O)N(c2ccccc2)C1. The summed E-state index contributed by atoms with van der Waals surface area (Å²) in [5.41, 5.74) is 1.39. The summed E-state index contributed by atoms with van der Waals surface area (Å²) in [6.45, 7) is -0.332. The molecule has 1 saturated heterocycles. The van der Waals surface area contributed by atoms with E-state index in [1.54, 1.807) is 4.90 Å². The molecule has 8 nitrogen and oxygen atoms in total. The molecule has 0 spiro atoms. The maximum atomic E-state index is 13.3.